The normalized spacial score (nSPS) is 17.5. The lowest BCUT2D eigenvalue weighted by Crippen LogP contribution is -2.39. The highest BCUT2D eigenvalue weighted by molar-refractivity contribution is 5.94. The van der Waals surface area contributed by atoms with Gasteiger partial charge in [0.2, 0.25) is 5.91 Å². The number of amides is 1. The lowest BCUT2D eigenvalue weighted by molar-refractivity contribution is -0.117. The smallest absolute Gasteiger partial charge is 0.238 e. The quantitative estimate of drug-likeness (QED) is 0.740. The van der Waals surface area contributed by atoms with Gasteiger partial charge in [0.25, 0.3) is 0 Å². The number of aromatic nitrogens is 4. The van der Waals surface area contributed by atoms with E-state index in [-0.39, 0.29) is 5.91 Å². The van der Waals surface area contributed by atoms with Crippen molar-refractivity contribution in [2.24, 2.45) is 0 Å². The molecule has 1 aliphatic rings. The van der Waals surface area contributed by atoms with Gasteiger partial charge in [-0.15, -0.1) is 0 Å². The number of hydrogen-bond donors (Lipinski definition) is 1. The highest BCUT2D eigenvalue weighted by Crippen LogP contribution is 2.21. The first-order valence-electron chi connectivity index (χ1n) is 8.88. The summed E-state index contributed by atoms with van der Waals surface area (Å²) in [4.78, 5) is 19.0. The number of carbonyl (C=O) groups is 1. The summed E-state index contributed by atoms with van der Waals surface area (Å²) in [6, 6.07) is 10.0. The molecule has 1 saturated heterocycles. The van der Waals surface area contributed by atoms with E-state index < -0.39 is 0 Å². The topological polar surface area (TPSA) is 68.0 Å². The van der Waals surface area contributed by atoms with Gasteiger partial charge in [0.1, 0.15) is 0 Å². The maximum atomic E-state index is 12.6. The first kappa shape index (κ1) is 16.5. The van der Waals surface area contributed by atoms with Gasteiger partial charge in [0.15, 0.2) is 0 Å². The fraction of sp³-hybridized carbons (Fsp3) is 0.316. The molecule has 1 aromatic carbocycles. The number of hydrogen-bond acceptors (Lipinski definition) is 4. The van der Waals surface area contributed by atoms with Gasteiger partial charge in [-0.25, -0.2) is 4.98 Å². The van der Waals surface area contributed by atoms with Crippen LogP contribution < -0.4 is 5.32 Å². The summed E-state index contributed by atoms with van der Waals surface area (Å²) in [6.45, 7) is 2.17. The summed E-state index contributed by atoms with van der Waals surface area (Å²) >= 11 is 0. The Morgan fingerprint density at radius 3 is 2.92 bits per heavy atom. The minimum Gasteiger partial charge on any atom is -0.323 e. The third kappa shape index (κ3) is 3.67. The standard InChI is InChI=1S/C19H22N6O/c26-19(14-23-10-3-5-16(23)13-25-11-4-8-21-25)22-17-6-1-2-7-18(17)24-12-9-20-15-24/h1-2,4,6-9,11-12,15-16H,3,5,10,13-14H2,(H,22,26). The van der Waals surface area contributed by atoms with E-state index >= 15 is 0 Å². The van der Waals surface area contributed by atoms with Gasteiger partial charge in [-0.2, -0.15) is 5.10 Å². The number of carbonyl (C=O) groups excluding carboxylic acids is 1. The van der Waals surface area contributed by atoms with Gasteiger partial charge < -0.3 is 9.88 Å². The molecule has 1 aliphatic heterocycles. The van der Waals surface area contributed by atoms with Crippen LogP contribution in [0.25, 0.3) is 5.69 Å². The Balaban J connectivity index is 1.41. The molecule has 1 N–H and O–H groups in total. The van der Waals surface area contributed by atoms with E-state index in [2.05, 4.69) is 20.3 Å². The zero-order chi connectivity index (χ0) is 17.8. The first-order valence-corrected chi connectivity index (χ1v) is 8.88. The second-order valence-corrected chi connectivity index (χ2v) is 6.53. The van der Waals surface area contributed by atoms with Crippen LogP contribution in [0, 0.1) is 0 Å². The van der Waals surface area contributed by atoms with Crippen molar-refractivity contribution < 1.29 is 4.79 Å². The molecule has 134 valence electrons. The largest absolute Gasteiger partial charge is 0.323 e. The van der Waals surface area contributed by atoms with E-state index in [4.69, 9.17) is 0 Å². The molecule has 4 rings (SSSR count). The summed E-state index contributed by atoms with van der Waals surface area (Å²) in [5.74, 6) is 0.00457. The van der Waals surface area contributed by atoms with Crippen LogP contribution >= 0.6 is 0 Å². The van der Waals surface area contributed by atoms with Crippen molar-refractivity contribution in [2.45, 2.75) is 25.4 Å². The fourth-order valence-corrected chi connectivity index (χ4v) is 3.51. The van der Waals surface area contributed by atoms with E-state index in [0.29, 0.717) is 12.6 Å². The number of nitrogens with one attached hydrogen (secondary N) is 1. The number of nitrogens with zero attached hydrogens (tertiary/aromatic N) is 5. The van der Waals surface area contributed by atoms with Crippen LogP contribution in [0.3, 0.4) is 0 Å². The molecular weight excluding hydrogens is 328 g/mol. The highest BCUT2D eigenvalue weighted by atomic mass is 16.2. The van der Waals surface area contributed by atoms with Crippen molar-refractivity contribution in [1.29, 1.82) is 0 Å². The predicted octanol–water partition coefficient (Wildman–Crippen LogP) is 2.17. The molecule has 1 amide bonds. The molecule has 0 saturated carbocycles. The van der Waals surface area contributed by atoms with Crippen molar-refractivity contribution >= 4 is 11.6 Å². The van der Waals surface area contributed by atoms with Gasteiger partial charge in [-0.1, -0.05) is 12.1 Å². The summed E-state index contributed by atoms with van der Waals surface area (Å²) < 4.78 is 3.83. The number of benzene rings is 1. The average Bonchev–Trinajstić information content (AvgIpc) is 3.39. The van der Waals surface area contributed by atoms with E-state index in [9.17, 15) is 4.79 Å². The number of rotatable bonds is 6. The Bertz CT molecular complexity index is 843. The van der Waals surface area contributed by atoms with Crippen molar-refractivity contribution in [1.82, 2.24) is 24.2 Å². The van der Waals surface area contributed by atoms with Gasteiger partial charge >= 0.3 is 0 Å². The molecule has 1 unspecified atom stereocenters. The maximum Gasteiger partial charge on any atom is 0.238 e. The molecule has 0 spiro atoms. The number of anilines is 1. The third-order valence-electron chi connectivity index (χ3n) is 4.76. The van der Waals surface area contributed by atoms with Crippen molar-refractivity contribution in [3.05, 3.63) is 61.4 Å². The second kappa shape index (κ2) is 7.53. The van der Waals surface area contributed by atoms with Crippen molar-refractivity contribution in [3.63, 3.8) is 0 Å². The Morgan fingerprint density at radius 1 is 1.19 bits per heavy atom. The van der Waals surface area contributed by atoms with Gasteiger partial charge in [0, 0.05) is 30.8 Å². The summed E-state index contributed by atoms with van der Waals surface area (Å²) in [7, 11) is 0. The Morgan fingerprint density at radius 2 is 2.12 bits per heavy atom. The molecular formula is C19H22N6O. The minimum absolute atomic E-state index is 0.00457. The summed E-state index contributed by atoms with van der Waals surface area (Å²) in [6.07, 6.45) is 11.3. The molecule has 0 bridgehead atoms. The van der Waals surface area contributed by atoms with Crippen LogP contribution in [0.1, 0.15) is 12.8 Å². The molecule has 0 aliphatic carbocycles. The molecule has 1 atom stereocenters. The third-order valence-corrected chi connectivity index (χ3v) is 4.76. The molecule has 0 radical (unpaired) electrons. The highest BCUT2D eigenvalue weighted by Gasteiger charge is 2.26. The molecule has 1 fully saturated rings. The predicted molar refractivity (Wildman–Crippen MR) is 99.0 cm³/mol. The minimum atomic E-state index is 0.00457. The van der Waals surface area contributed by atoms with Crippen LogP contribution in [0.2, 0.25) is 0 Å². The van der Waals surface area contributed by atoms with Gasteiger partial charge in [0.05, 0.1) is 30.8 Å². The Labute approximate surface area is 152 Å². The van der Waals surface area contributed by atoms with Gasteiger partial charge in [-0.05, 0) is 37.6 Å². The Hall–Kier alpha value is -2.93. The zero-order valence-electron chi connectivity index (χ0n) is 14.5. The number of imidazole rings is 1. The van der Waals surface area contributed by atoms with E-state index in [1.54, 1.807) is 18.7 Å². The molecule has 3 heterocycles. The van der Waals surface area contributed by atoms with Crippen LogP contribution in [0.4, 0.5) is 5.69 Å². The molecule has 3 aromatic rings. The number of para-hydroxylation sites is 2. The van der Waals surface area contributed by atoms with Crippen molar-refractivity contribution in [2.75, 3.05) is 18.4 Å². The van der Waals surface area contributed by atoms with Crippen molar-refractivity contribution in [3.8, 4) is 5.69 Å². The monoisotopic (exact) mass is 350 g/mol. The second-order valence-electron chi connectivity index (χ2n) is 6.53. The van der Waals surface area contributed by atoms with Crippen LogP contribution in [0.5, 0.6) is 0 Å². The van der Waals surface area contributed by atoms with Gasteiger partial charge in [-0.3, -0.25) is 14.4 Å². The van der Waals surface area contributed by atoms with E-state index in [1.165, 1.54) is 0 Å². The van der Waals surface area contributed by atoms with Crippen LogP contribution in [-0.4, -0.2) is 49.3 Å². The summed E-state index contributed by atoms with van der Waals surface area (Å²) in [5, 5.41) is 7.34. The fourth-order valence-electron chi connectivity index (χ4n) is 3.51. The van der Waals surface area contributed by atoms with Crippen LogP contribution in [0.15, 0.2) is 61.4 Å². The molecule has 7 nitrogen and oxygen atoms in total. The Kier molecular flexibility index (Phi) is 4.79. The molecule has 26 heavy (non-hydrogen) atoms. The SMILES string of the molecule is O=C(CN1CCCC1Cn1cccn1)Nc1ccccc1-n1ccnc1. The average molecular weight is 350 g/mol. The zero-order valence-corrected chi connectivity index (χ0v) is 14.5. The number of likely N-dealkylation sites (tertiary alicyclic amines) is 1. The first-order chi connectivity index (χ1) is 12.8. The summed E-state index contributed by atoms with van der Waals surface area (Å²) in [5.41, 5.74) is 1.70. The maximum absolute atomic E-state index is 12.6. The van der Waals surface area contributed by atoms with Crippen LogP contribution in [-0.2, 0) is 11.3 Å². The molecule has 7 heteroatoms. The lowest BCUT2D eigenvalue weighted by Gasteiger charge is -2.24. The molecule has 2 aromatic heterocycles. The van der Waals surface area contributed by atoms with E-state index in [0.717, 1.165) is 37.3 Å². The van der Waals surface area contributed by atoms with E-state index in [1.807, 2.05) is 52.0 Å². The lowest BCUT2D eigenvalue weighted by atomic mass is 10.2.